The van der Waals surface area contributed by atoms with Gasteiger partial charge in [0.2, 0.25) is 17.7 Å². The number of phenolic OH excluding ortho intramolecular Hbond substituents is 1. The standard InChI is InChI=1S/C31H41N9O4/c1-19-15-22(41)16-20(2)23(19)18-26(37-28(42)24(33)9-6-13-40-14-12-35-31(40)34)29(43)36-25(10-11-32)30-38-27(39-44-30)17-21-7-4-3-5-8-21/h3-5,7-8,12,14-16,24-26,41H,6,9-11,13,17-18,32-33H2,1-2H3,(H2,34,35)(H,36,43)(H,37,42). The van der Waals surface area contributed by atoms with Gasteiger partial charge in [-0.25, -0.2) is 4.98 Å². The van der Waals surface area contributed by atoms with E-state index in [2.05, 4.69) is 25.8 Å². The number of phenols is 1. The number of carbonyl (C=O) groups is 2. The van der Waals surface area contributed by atoms with Crippen LogP contribution in [0.5, 0.6) is 5.75 Å². The Morgan fingerprint density at radius 3 is 2.45 bits per heavy atom. The van der Waals surface area contributed by atoms with Gasteiger partial charge in [-0.15, -0.1) is 0 Å². The quantitative estimate of drug-likeness (QED) is 0.116. The van der Waals surface area contributed by atoms with Crippen molar-refractivity contribution in [2.75, 3.05) is 12.3 Å². The number of anilines is 1. The fourth-order valence-corrected chi connectivity index (χ4v) is 5.08. The van der Waals surface area contributed by atoms with Crippen LogP contribution < -0.4 is 27.8 Å². The number of nitrogens with zero attached hydrogens (tertiary/aromatic N) is 4. The third-order valence-corrected chi connectivity index (χ3v) is 7.48. The van der Waals surface area contributed by atoms with E-state index in [1.165, 1.54) is 0 Å². The number of hydrogen-bond donors (Lipinski definition) is 6. The molecular formula is C31H41N9O4. The molecule has 2 amide bonds. The van der Waals surface area contributed by atoms with Gasteiger partial charge in [-0.05, 0) is 74.0 Å². The Morgan fingerprint density at radius 1 is 1.07 bits per heavy atom. The Hall–Kier alpha value is -4.75. The number of aromatic hydroxyl groups is 1. The van der Waals surface area contributed by atoms with Crippen LogP contribution in [-0.2, 0) is 29.0 Å². The molecule has 4 aromatic rings. The molecule has 44 heavy (non-hydrogen) atoms. The molecule has 13 heteroatoms. The molecule has 2 aromatic carbocycles. The fourth-order valence-electron chi connectivity index (χ4n) is 5.08. The SMILES string of the molecule is Cc1cc(O)cc(C)c1CC(NC(=O)C(N)CCCn1ccnc1N)C(=O)NC(CCN)c1nc(Cc2ccccc2)no1. The average Bonchev–Trinajstić information content (AvgIpc) is 3.63. The van der Waals surface area contributed by atoms with Gasteiger partial charge in [-0.3, -0.25) is 9.59 Å². The van der Waals surface area contributed by atoms with Crippen LogP contribution in [0.1, 0.15) is 59.3 Å². The lowest BCUT2D eigenvalue weighted by molar-refractivity contribution is -0.130. The van der Waals surface area contributed by atoms with Crippen molar-refractivity contribution >= 4 is 17.8 Å². The Bertz CT molecular complexity index is 1510. The van der Waals surface area contributed by atoms with Gasteiger partial charge in [-0.2, -0.15) is 4.98 Å². The minimum atomic E-state index is -0.980. The normalized spacial score (nSPS) is 13.3. The van der Waals surface area contributed by atoms with E-state index in [9.17, 15) is 14.7 Å². The summed E-state index contributed by atoms with van der Waals surface area (Å²) in [5.41, 5.74) is 21.4. The summed E-state index contributed by atoms with van der Waals surface area (Å²) in [6.45, 7) is 4.49. The van der Waals surface area contributed by atoms with Crippen molar-refractivity contribution in [3.05, 3.63) is 88.8 Å². The van der Waals surface area contributed by atoms with E-state index >= 15 is 0 Å². The van der Waals surface area contributed by atoms with Crippen molar-refractivity contribution in [2.24, 2.45) is 11.5 Å². The number of amides is 2. The van der Waals surface area contributed by atoms with Crippen LogP contribution in [0.4, 0.5) is 5.95 Å². The van der Waals surface area contributed by atoms with Gasteiger partial charge in [0.15, 0.2) is 11.8 Å². The molecule has 0 aliphatic carbocycles. The van der Waals surface area contributed by atoms with Crippen LogP contribution in [0.2, 0.25) is 0 Å². The molecule has 0 aliphatic rings. The number of nitrogens with one attached hydrogen (secondary N) is 2. The molecule has 0 saturated heterocycles. The van der Waals surface area contributed by atoms with Crippen molar-refractivity contribution in [1.29, 1.82) is 0 Å². The number of aromatic nitrogens is 4. The summed E-state index contributed by atoms with van der Waals surface area (Å²) in [5, 5.41) is 19.9. The van der Waals surface area contributed by atoms with Crippen molar-refractivity contribution in [1.82, 2.24) is 30.3 Å². The maximum Gasteiger partial charge on any atom is 0.249 e. The zero-order chi connectivity index (χ0) is 31.6. The van der Waals surface area contributed by atoms with Gasteiger partial charge in [-0.1, -0.05) is 35.5 Å². The minimum absolute atomic E-state index is 0.125. The molecule has 2 heterocycles. The van der Waals surface area contributed by atoms with E-state index in [0.29, 0.717) is 44.0 Å². The van der Waals surface area contributed by atoms with Gasteiger partial charge in [0.25, 0.3) is 0 Å². The van der Waals surface area contributed by atoms with E-state index in [4.69, 9.17) is 21.7 Å². The molecule has 234 valence electrons. The summed E-state index contributed by atoms with van der Waals surface area (Å²) in [6.07, 6.45) is 5.31. The summed E-state index contributed by atoms with van der Waals surface area (Å²) in [6, 6.07) is 10.5. The second-order valence-electron chi connectivity index (χ2n) is 10.9. The first-order valence-corrected chi connectivity index (χ1v) is 14.6. The molecule has 0 saturated carbocycles. The second kappa shape index (κ2) is 15.1. The second-order valence-corrected chi connectivity index (χ2v) is 10.9. The number of nitrogen functional groups attached to an aromatic ring is 1. The predicted octanol–water partition coefficient (Wildman–Crippen LogP) is 1.80. The van der Waals surface area contributed by atoms with Crippen molar-refractivity contribution < 1.29 is 19.2 Å². The molecular weight excluding hydrogens is 562 g/mol. The lowest BCUT2D eigenvalue weighted by Crippen LogP contribution is -2.53. The highest BCUT2D eigenvalue weighted by Gasteiger charge is 2.29. The van der Waals surface area contributed by atoms with E-state index in [1.54, 1.807) is 29.1 Å². The van der Waals surface area contributed by atoms with Crippen LogP contribution in [0.15, 0.2) is 59.4 Å². The Labute approximate surface area is 256 Å². The Balaban J connectivity index is 1.48. The number of nitrogens with two attached hydrogens (primary N) is 3. The van der Waals surface area contributed by atoms with Crippen molar-refractivity contribution in [3.63, 3.8) is 0 Å². The van der Waals surface area contributed by atoms with Crippen LogP contribution in [0, 0.1) is 13.8 Å². The molecule has 4 rings (SSSR count). The minimum Gasteiger partial charge on any atom is -0.508 e. The summed E-state index contributed by atoms with van der Waals surface area (Å²) in [7, 11) is 0. The number of imidazole rings is 1. The number of carbonyl (C=O) groups excluding carboxylic acids is 2. The van der Waals surface area contributed by atoms with Gasteiger partial charge < -0.3 is 42.0 Å². The lowest BCUT2D eigenvalue weighted by Gasteiger charge is -2.24. The Morgan fingerprint density at radius 2 is 1.80 bits per heavy atom. The highest BCUT2D eigenvalue weighted by molar-refractivity contribution is 5.90. The van der Waals surface area contributed by atoms with E-state index in [1.807, 2.05) is 44.2 Å². The predicted molar refractivity (Wildman–Crippen MR) is 165 cm³/mol. The highest BCUT2D eigenvalue weighted by Crippen LogP contribution is 2.23. The summed E-state index contributed by atoms with van der Waals surface area (Å²) in [5.74, 6) is 0.305. The first-order chi connectivity index (χ1) is 21.1. The summed E-state index contributed by atoms with van der Waals surface area (Å²) in [4.78, 5) is 35.5. The third-order valence-electron chi connectivity index (χ3n) is 7.48. The zero-order valence-corrected chi connectivity index (χ0v) is 25.1. The number of aryl methyl sites for hydroxylation is 3. The van der Waals surface area contributed by atoms with E-state index in [-0.39, 0.29) is 24.6 Å². The maximum atomic E-state index is 13.8. The highest BCUT2D eigenvalue weighted by atomic mass is 16.5. The molecule has 13 nitrogen and oxygen atoms in total. The van der Waals surface area contributed by atoms with Crippen molar-refractivity contribution in [3.8, 4) is 5.75 Å². The van der Waals surface area contributed by atoms with Crippen LogP contribution in [0.3, 0.4) is 0 Å². The molecule has 3 atom stereocenters. The van der Waals surface area contributed by atoms with Gasteiger partial charge >= 0.3 is 0 Å². The van der Waals surface area contributed by atoms with Gasteiger partial charge in [0.05, 0.1) is 6.04 Å². The Kier molecular flexibility index (Phi) is 11.1. The molecule has 3 unspecified atom stereocenters. The summed E-state index contributed by atoms with van der Waals surface area (Å²) >= 11 is 0. The zero-order valence-electron chi connectivity index (χ0n) is 25.1. The molecule has 2 aromatic heterocycles. The molecule has 0 aliphatic heterocycles. The molecule has 9 N–H and O–H groups in total. The largest absolute Gasteiger partial charge is 0.508 e. The van der Waals surface area contributed by atoms with E-state index < -0.39 is 29.9 Å². The smallest absolute Gasteiger partial charge is 0.249 e. The fraction of sp³-hybridized carbons (Fsp3) is 0.387. The van der Waals surface area contributed by atoms with E-state index in [0.717, 1.165) is 22.3 Å². The average molecular weight is 604 g/mol. The van der Waals surface area contributed by atoms with Gasteiger partial charge in [0, 0.05) is 31.8 Å². The lowest BCUT2D eigenvalue weighted by atomic mass is 9.95. The maximum absolute atomic E-state index is 13.8. The third kappa shape index (κ3) is 8.64. The first-order valence-electron chi connectivity index (χ1n) is 14.6. The topological polar surface area (TPSA) is 213 Å². The van der Waals surface area contributed by atoms with Crippen LogP contribution in [-0.4, -0.2) is 55.2 Å². The number of benzene rings is 2. The van der Waals surface area contributed by atoms with Crippen molar-refractivity contribution in [2.45, 2.75) is 70.6 Å². The summed E-state index contributed by atoms with van der Waals surface area (Å²) < 4.78 is 7.30. The van der Waals surface area contributed by atoms with Crippen LogP contribution in [0.25, 0.3) is 0 Å². The number of hydrogen-bond acceptors (Lipinski definition) is 10. The van der Waals surface area contributed by atoms with Gasteiger partial charge in [0.1, 0.15) is 17.8 Å². The monoisotopic (exact) mass is 603 g/mol. The molecule has 0 spiro atoms. The van der Waals surface area contributed by atoms with Crippen LogP contribution >= 0.6 is 0 Å². The molecule has 0 bridgehead atoms. The first kappa shape index (κ1) is 32.2. The molecule has 0 radical (unpaired) electrons. The number of rotatable bonds is 15. The molecule has 0 fully saturated rings.